The van der Waals surface area contributed by atoms with Gasteiger partial charge in [-0.25, -0.2) is 4.68 Å². The van der Waals surface area contributed by atoms with Crippen molar-refractivity contribution in [2.45, 2.75) is 0 Å². The maximum absolute atomic E-state index is 5.15. The van der Waals surface area contributed by atoms with Crippen LogP contribution in [0.4, 0.5) is 0 Å². The Morgan fingerprint density at radius 1 is 0.243 bits per heavy atom. The van der Waals surface area contributed by atoms with E-state index in [1.165, 1.54) is 87.9 Å². The van der Waals surface area contributed by atoms with E-state index in [1.54, 1.807) is 0 Å². The Morgan fingerprint density at radius 2 is 0.635 bits per heavy atom. The molecule has 0 aliphatic carbocycles. The van der Waals surface area contributed by atoms with Crippen LogP contribution < -0.4 is 0 Å². The Balaban J connectivity index is 0.832. The third-order valence-corrected chi connectivity index (χ3v) is 14.8. The highest BCUT2D eigenvalue weighted by Crippen LogP contribution is 2.42. The maximum atomic E-state index is 5.15. The Labute approximate surface area is 430 Å². The van der Waals surface area contributed by atoms with Gasteiger partial charge in [0.2, 0.25) is 0 Å². The number of hydrogen-bond acceptors (Lipinski definition) is 1. The standard InChI is InChI=1S/C71H47N3/c1-3-17-52(18-4-1)68-47-71(53-19-5-2-6-20-53)74(72-68)61-39-33-51(34-40-61)63-24-12-14-26-65(63)64-25-13-11-23-62(64)50-31-37-60(38-32-50)73-69-41-35-58(56-29-27-48-15-7-9-21-54(48)43-56)45-66(69)67-46-59(36-42-70(67)73)57-30-28-49-16-8-10-22-55(49)44-57/h1-47H. The minimum atomic E-state index is 0.941. The van der Waals surface area contributed by atoms with Crippen LogP contribution in [0.5, 0.6) is 0 Å². The van der Waals surface area contributed by atoms with Crippen molar-refractivity contribution in [2.24, 2.45) is 0 Å². The summed E-state index contributed by atoms with van der Waals surface area (Å²) in [6.07, 6.45) is 0. The Morgan fingerprint density at radius 3 is 1.15 bits per heavy atom. The third-order valence-electron chi connectivity index (χ3n) is 14.8. The molecule has 0 aliphatic heterocycles. The summed E-state index contributed by atoms with van der Waals surface area (Å²) < 4.78 is 4.50. The van der Waals surface area contributed by atoms with Crippen LogP contribution in [-0.2, 0) is 0 Å². The number of benzene rings is 12. The molecule has 2 aromatic heterocycles. The highest BCUT2D eigenvalue weighted by molar-refractivity contribution is 6.12. The minimum Gasteiger partial charge on any atom is -0.309 e. The molecule has 0 unspecified atom stereocenters. The summed E-state index contributed by atoms with van der Waals surface area (Å²) in [6, 6.07) is 103. The molecule has 14 rings (SSSR count). The second kappa shape index (κ2) is 18.1. The highest BCUT2D eigenvalue weighted by atomic mass is 15.3. The van der Waals surface area contributed by atoms with E-state index in [1.807, 2.05) is 6.07 Å². The molecule has 0 atom stereocenters. The van der Waals surface area contributed by atoms with Crippen molar-refractivity contribution in [3.05, 3.63) is 285 Å². The van der Waals surface area contributed by atoms with Gasteiger partial charge in [0.05, 0.1) is 28.1 Å². The average molecular weight is 942 g/mol. The van der Waals surface area contributed by atoms with E-state index in [4.69, 9.17) is 5.10 Å². The molecular formula is C71H47N3. The smallest absolute Gasteiger partial charge is 0.0934 e. The molecule has 0 bridgehead atoms. The topological polar surface area (TPSA) is 22.8 Å². The molecule has 0 saturated carbocycles. The van der Waals surface area contributed by atoms with E-state index < -0.39 is 0 Å². The van der Waals surface area contributed by atoms with Gasteiger partial charge in [0.15, 0.2) is 0 Å². The van der Waals surface area contributed by atoms with Crippen molar-refractivity contribution in [1.29, 1.82) is 0 Å². The molecule has 346 valence electrons. The highest BCUT2D eigenvalue weighted by Gasteiger charge is 2.18. The summed E-state index contributed by atoms with van der Waals surface area (Å²) in [5.41, 5.74) is 20.5. The van der Waals surface area contributed by atoms with Crippen LogP contribution in [-0.4, -0.2) is 14.3 Å². The zero-order valence-electron chi connectivity index (χ0n) is 40.5. The normalized spacial score (nSPS) is 11.5. The zero-order chi connectivity index (χ0) is 49.0. The van der Waals surface area contributed by atoms with Gasteiger partial charge >= 0.3 is 0 Å². The number of hydrogen-bond donors (Lipinski definition) is 0. The lowest BCUT2D eigenvalue weighted by atomic mass is 9.89. The van der Waals surface area contributed by atoms with Crippen LogP contribution in [0.1, 0.15) is 0 Å². The van der Waals surface area contributed by atoms with Crippen molar-refractivity contribution in [2.75, 3.05) is 0 Å². The van der Waals surface area contributed by atoms with E-state index in [-0.39, 0.29) is 0 Å². The molecule has 0 radical (unpaired) electrons. The maximum Gasteiger partial charge on any atom is 0.0934 e. The fourth-order valence-electron chi connectivity index (χ4n) is 11.1. The summed E-state index contributed by atoms with van der Waals surface area (Å²) >= 11 is 0. The Kier molecular flexibility index (Phi) is 10.5. The summed E-state index contributed by atoms with van der Waals surface area (Å²) in [6.45, 7) is 0. The molecule has 74 heavy (non-hydrogen) atoms. The van der Waals surface area contributed by atoms with Crippen molar-refractivity contribution in [3.63, 3.8) is 0 Å². The molecular weight excluding hydrogens is 895 g/mol. The van der Waals surface area contributed by atoms with Gasteiger partial charge in [-0.2, -0.15) is 5.10 Å². The van der Waals surface area contributed by atoms with E-state index in [9.17, 15) is 0 Å². The lowest BCUT2D eigenvalue weighted by Crippen LogP contribution is -1.99. The first-order valence-corrected chi connectivity index (χ1v) is 25.3. The monoisotopic (exact) mass is 941 g/mol. The fraction of sp³-hybridized carbons (Fsp3) is 0. The molecule has 0 saturated heterocycles. The van der Waals surface area contributed by atoms with Crippen LogP contribution in [0.2, 0.25) is 0 Å². The van der Waals surface area contributed by atoms with Crippen molar-refractivity contribution < 1.29 is 0 Å². The summed E-state index contributed by atoms with van der Waals surface area (Å²) in [4.78, 5) is 0. The van der Waals surface area contributed by atoms with Gasteiger partial charge in [-0.1, -0.05) is 218 Å². The number of rotatable bonds is 9. The summed E-state index contributed by atoms with van der Waals surface area (Å²) in [5.74, 6) is 0. The van der Waals surface area contributed by atoms with Crippen LogP contribution in [0.15, 0.2) is 285 Å². The number of nitrogens with zero attached hydrogens (tertiary/aromatic N) is 3. The fourth-order valence-corrected chi connectivity index (χ4v) is 11.1. The predicted octanol–water partition coefficient (Wildman–Crippen LogP) is 18.9. The van der Waals surface area contributed by atoms with Gasteiger partial charge in [-0.15, -0.1) is 0 Å². The largest absolute Gasteiger partial charge is 0.309 e. The predicted molar refractivity (Wildman–Crippen MR) is 311 cm³/mol. The second-order valence-corrected chi connectivity index (χ2v) is 19.2. The molecule has 0 amide bonds. The summed E-state index contributed by atoms with van der Waals surface area (Å²) in [5, 5.41) is 12.6. The van der Waals surface area contributed by atoms with Crippen molar-refractivity contribution >= 4 is 43.4 Å². The first kappa shape index (κ1) is 43.0. The first-order chi connectivity index (χ1) is 36.7. The summed E-state index contributed by atoms with van der Waals surface area (Å²) in [7, 11) is 0. The molecule has 12 aromatic carbocycles. The molecule has 2 heterocycles. The van der Waals surface area contributed by atoms with Crippen LogP contribution in [0.3, 0.4) is 0 Å². The van der Waals surface area contributed by atoms with Crippen LogP contribution in [0, 0.1) is 0 Å². The zero-order valence-corrected chi connectivity index (χ0v) is 40.5. The van der Waals surface area contributed by atoms with Gasteiger partial charge in [-0.3, -0.25) is 0 Å². The van der Waals surface area contributed by atoms with Gasteiger partial charge in [-0.05, 0) is 144 Å². The minimum absolute atomic E-state index is 0.941. The molecule has 0 spiro atoms. The van der Waals surface area contributed by atoms with E-state index in [0.717, 1.165) is 45.0 Å². The van der Waals surface area contributed by atoms with Gasteiger partial charge in [0, 0.05) is 27.6 Å². The Hall–Kier alpha value is -9.83. The van der Waals surface area contributed by atoms with Gasteiger partial charge in [0.25, 0.3) is 0 Å². The SMILES string of the molecule is c1ccc(-c2cc(-c3ccccc3)n(-c3ccc(-c4ccccc4-c4ccccc4-c4ccc(-n5c6ccc(-c7ccc8ccccc8c7)cc6c6cc(-c7ccc8ccccc8c7)ccc65)cc4)cc3)n2)cc1. The molecule has 0 N–H and O–H groups in total. The van der Waals surface area contributed by atoms with E-state index >= 15 is 0 Å². The van der Waals surface area contributed by atoms with Gasteiger partial charge in [0.1, 0.15) is 0 Å². The van der Waals surface area contributed by atoms with E-state index in [0.29, 0.717) is 0 Å². The van der Waals surface area contributed by atoms with Crippen molar-refractivity contribution in [3.8, 4) is 89.5 Å². The quantitative estimate of drug-likeness (QED) is 0.141. The average Bonchev–Trinajstić information content (AvgIpc) is 4.09. The van der Waals surface area contributed by atoms with Crippen LogP contribution >= 0.6 is 0 Å². The lowest BCUT2D eigenvalue weighted by Gasteiger charge is -2.16. The first-order valence-electron chi connectivity index (χ1n) is 25.3. The lowest BCUT2D eigenvalue weighted by molar-refractivity contribution is 0.892. The third kappa shape index (κ3) is 7.67. The van der Waals surface area contributed by atoms with Gasteiger partial charge < -0.3 is 4.57 Å². The Bertz CT molecular complexity index is 4250. The molecule has 14 aromatic rings. The molecule has 0 aliphatic rings. The number of fused-ring (bicyclic) bond motifs is 5. The molecule has 3 nitrogen and oxygen atoms in total. The van der Waals surface area contributed by atoms with Crippen molar-refractivity contribution in [1.82, 2.24) is 14.3 Å². The molecule has 0 fully saturated rings. The van der Waals surface area contributed by atoms with E-state index in [2.05, 4.69) is 288 Å². The second-order valence-electron chi connectivity index (χ2n) is 19.2. The van der Waals surface area contributed by atoms with Crippen LogP contribution in [0.25, 0.3) is 133 Å². The number of aromatic nitrogens is 3. The molecule has 3 heteroatoms.